The molecule has 118 valence electrons. The third-order valence-corrected chi connectivity index (χ3v) is 5.19. The fraction of sp³-hybridized carbons (Fsp3) is 0.294. The van der Waals surface area contributed by atoms with Crippen LogP contribution in [0.15, 0.2) is 40.5 Å². The lowest BCUT2D eigenvalue weighted by Gasteiger charge is -2.19. The lowest BCUT2D eigenvalue weighted by atomic mass is 10.2. The predicted octanol–water partition coefficient (Wildman–Crippen LogP) is 1.87. The number of H-pyrrole nitrogens is 1. The summed E-state index contributed by atoms with van der Waals surface area (Å²) in [6, 6.07) is 9.29. The van der Waals surface area contributed by atoms with Crippen LogP contribution in [0, 0.1) is 5.82 Å². The molecule has 0 saturated heterocycles. The normalized spacial score (nSPS) is 15.9. The SMILES string of the molecule is O=c1[nH]c(C[NH+](Cc2ccccc2F)C2CC2)nc2ccsc12. The monoisotopic (exact) mass is 330 g/mol. The molecule has 0 amide bonds. The molecule has 2 aromatic heterocycles. The first-order chi connectivity index (χ1) is 11.2. The van der Waals surface area contributed by atoms with E-state index >= 15 is 0 Å². The quantitative estimate of drug-likeness (QED) is 0.750. The largest absolute Gasteiger partial charge is 0.322 e. The van der Waals surface area contributed by atoms with E-state index in [9.17, 15) is 9.18 Å². The molecule has 0 bridgehead atoms. The molecule has 2 N–H and O–H groups in total. The predicted molar refractivity (Wildman–Crippen MR) is 88.0 cm³/mol. The molecular weight excluding hydrogens is 313 g/mol. The molecule has 0 radical (unpaired) electrons. The van der Waals surface area contributed by atoms with Gasteiger partial charge in [-0.1, -0.05) is 18.2 Å². The van der Waals surface area contributed by atoms with Crippen molar-refractivity contribution in [2.24, 2.45) is 0 Å². The van der Waals surface area contributed by atoms with Crippen molar-refractivity contribution in [2.45, 2.75) is 32.0 Å². The smallest absolute Gasteiger partial charge is 0.269 e. The summed E-state index contributed by atoms with van der Waals surface area (Å²) in [7, 11) is 0. The number of fused-ring (bicyclic) bond motifs is 1. The zero-order chi connectivity index (χ0) is 15.8. The molecule has 1 fully saturated rings. The fourth-order valence-corrected chi connectivity index (χ4v) is 3.68. The van der Waals surface area contributed by atoms with Gasteiger partial charge in [0.25, 0.3) is 5.56 Å². The van der Waals surface area contributed by atoms with E-state index in [1.807, 2.05) is 23.6 Å². The van der Waals surface area contributed by atoms with Gasteiger partial charge in [-0.05, 0) is 17.5 Å². The first kappa shape index (κ1) is 14.5. The molecule has 23 heavy (non-hydrogen) atoms. The van der Waals surface area contributed by atoms with Gasteiger partial charge >= 0.3 is 0 Å². The second-order valence-corrected chi connectivity index (χ2v) is 6.94. The highest BCUT2D eigenvalue weighted by atomic mass is 32.1. The zero-order valence-corrected chi connectivity index (χ0v) is 13.3. The number of thiophene rings is 1. The van der Waals surface area contributed by atoms with Gasteiger partial charge in [0.05, 0.1) is 11.6 Å². The summed E-state index contributed by atoms with van der Waals surface area (Å²) >= 11 is 1.40. The molecule has 0 spiro atoms. The Bertz CT molecular complexity index is 900. The van der Waals surface area contributed by atoms with Gasteiger partial charge in [-0.2, -0.15) is 0 Å². The molecule has 1 unspecified atom stereocenters. The van der Waals surface area contributed by atoms with Crippen LogP contribution in [-0.2, 0) is 13.1 Å². The van der Waals surface area contributed by atoms with Crippen LogP contribution in [0.2, 0.25) is 0 Å². The van der Waals surface area contributed by atoms with Gasteiger partial charge in [-0.15, -0.1) is 11.3 Å². The summed E-state index contributed by atoms with van der Waals surface area (Å²) < 4.78 is 14.6. The van der Waals surface area contributed by atoms with Gasteiger partial charge in [0.2, 0.25) is 0 Å². The number of quaternary nitrogens is 1. The topological polar surface area (TPSA) is 50.2 Å². The first-order valence-electron chi connectivity index (χ1n) is 7.75. The van der Waals surface area contributed by atoms with Crippen LogP contribution in [0.3, 0.4) is 0 Å². The van der Waals surface area contributed by atoms with Crippen LogP contribution < -0.4 is 10.5 Å². The van der Waals surface area contributed by atoms with Crippen molar-refractivity contribution < 1.29 is 9.29 Å². The van der Waals surface area contributed by atoms with Crippen molar-refractivity contribution in [3.63, 3.8) is 0 Å². The minimum Gasteiger partial charge on any atom is -0.322 e. The molecule has 6 heteroatoms. The van der Waals surface area contributed by atoms with Crippen molar-refractivity contribution >= 4 is 21.6 Å². The Morgan fingerprint density at radius 3 is 2.87 bits per heavy atom. The number of nitrogens with zero attached hydrogens (tertiary/aromatic N) is 1. The van der Waals surface area contributed by atoms with E-state index in [1.54, 1.807) is 6.07 Å². The summed E-state index contributed by atoms with van der Waals surface area (Å²) in [5.41, 5.74) is 1.38. The van der Waals surface area contributed by atoms with Gasteiger partial charge in [0.15, 0.2) is 5.82 Å². The second-order valence-electron chi connectivity index (χ2n) is 6.03. The van der Waals surface area contributed by atoms with Crippen molar-refractivity contribution in [3.05, 3.63) is 63.3 Å². The molecule has 0 aliphatic heterocycles. The molecule has 4 rings (SSSR count). The lowest BCUT2D eigenvalue weighted by molar-refractivity contribution is -0.939. The van der Waals surface area contributed by atoms with Gasteiger partial charge in [-0.25, -0.2) is 9.37 Å². The Labute approximate surface area is 136 Å². The maximum Gasteiger partial charge on any atom is 0.269 e. The average Bonchev–Trinajstić information content (AvgIpc) is 3.27. The lowest BCUT2D eigenvalue weighted by Crippen LogP contribution is -3.10. The molecule has 1 aliphatic rings. The Hall–Kier alpha value is -2.05. The van der Waals surface area contributed by atoms with E-state index < -0.39 is 0 Å². The van der Waals surface area contributed by atoms with E-state index in [0.717, 1.165) is 18.4 Å². The molecule has 2 heterocycles. The number of aromatic nitrogens is 2. The van der Waals surface area contributed by atoms with Crippen LogP contribution in [0.1, 0.15) is 24.2 Å². The summed E-state index contributed by atoms with van der Waals surface area (Å²) in [6.07, 6.45) is 2.30. The number of nitrogens with one attached hydrogen (secondary N) is 2. The third kappa shape index (κ3) is 3.04. The van der Waals surface area contributed by atoms with E-state index in [1.165, 1.54) is 22.3 Å². The Morgan fingerprint density at radius 2 is 2.09 bits per heavy atom. The number of aromatic amines is 1. The highest BCUT2D eigenvalue weighted by Gasteiger charge is 2.34. The number of rotatable bonds is 5. The van der Waals surface area contributed by atoms with Gasteiger partial charge < -0.3 is 9.88 Å². The highest BCUT2D eigenvalue weighted by Crippen LogP contribution is 2.17. The van der Waals surface area contributed by atoms with Crippen LogP contribution in [0.25, 0.3) is 10.2 Å². The number of benzene rings is 1. The number of hydrogen-bond acceptors (Lipinski definition) is 3. The van der Waals surface area contributed by atoms with Crippen LogP contribution in [0.5, 0.6) is 0 Å². The molecule has 1 aliphatic carbocycles. The van der Waals surface area contributed by atoms with Crippen molar-refractivity contribution in [2.75, 3.05) is 0 Å². The minimum absolute atomic E-state index is 0.0824. The van der Waals surface area contributed by atoms with Crippen molar-refractivity contribution in [1.29, 1.82) is 0 Å². The highest BCUT2D eigenvalue weighted by molar-refractivity contribution is 7.17. The average molecular weight is 330 g/mol. The molecule has 1 atom stereocenters. The molecule has 1 saturated carbocycles. The first-order valence-corrected chi connectivity index (χ1v) is 8.63. The Balaban J connectivity index is 1.60. The second kappa shape index (κ2) is 5.86. The van der Waals surface area contributed by atoms with E-state index in [0.29, 0.717) is 35.2 Å². The van der Waals surface area contributed by atoms with Gasteiger partial charge in [0, 0.05) is 18.4 Å². The standard InChI is InChI=1S/C17H16FN3OS/c18-13-4-2-1-3-11(13)9-21(12-5-6-12)10-15-19-14-7-8-23-16(14)17(22)20-15/h1-4,7-8,12H,5-6,9-10H2,(H,19,20,22)/p+1. The Kier molecular flexibility index (Phi) is 3.71. The summed E-state index contributed by atoms with van der Waals surface area (Å²) in [4.78, 5) is 20.8. The van der Waals surface area contributed by atoms with Gasteiger partial charge in [-0.3, -0.25) is 4.79 Å². The Morgan fingerprint density at radius 1 is 1.26 bits per heavy atom. The van der Waals surface area contributed by atoms with Crippen molar-refractivity contribution in [3.8, 4) is 0 Å². The number of halogens is 1. The number of hydrogen-bond donors (Lipinski definition) is 2. The molecular formula is C17H17FN3OS+. The third-order valence-electron chi connectivity index (χ3n) is 4.29. The van der Waals surface area contributed by atoms with E-state index in [4.69, 9.17) is 0 Å². The zero-order valence-electron chi connectivity index (χ0n) is 12.5. The van der Waals surface area contributed by atoms with Crippen LogP contribution in [-0.4, -0.2) is 16.0 Å². The minimum atomic E-state index is -0.166. The van der Waals surface area contributed by atoms with Crippen molar-refractivity contribution in [1.82, 2.24) is 9.97 Å². The molecule has 4 nitrogen and oxygen atoms in total. The summed E-state index contributed by atoms with van der Waals surface area (Å²) in [5.74, 6) is 0.513. The summed E-state index contributed by atoms with van der Waals surface area (Å²) in [6.45, 7) is 1.22. The van der Waals surface area contributed by atoms with E-state index in [2.05, 4.69) is 9.97 Å². The van der Waals surface area contributed by atoms with Crippen LogP contribution in [0.4, 0.5) is 4.39 Å². The maximum atomic E-state index is 13.9. The molecule has 1 aromatic carbocycles. The maximum absolute atomic E-state index is 13.9. The summed E-state index contributed by atoms with van der Waals surface area (Å²) in [5, 5.41) is 1.88. The van der Waals surface area contributed by atoms with Crippen LogP contribution >= 0.6 is 11.3 Å². The molecule has 3 aromatic rings. The fourth-order valence-electron chi connectivity index (χ4n) is 2.95. The van der Waals surface area contributed by atoms with E-state index in [-0.39, 0.29) is 11.4 Å². The van der Waals surface area contributed by atoms with Gasteiger partial charge in [0.1, 0.15) is 23.6 Å².